The van der Waals surface area contributed by atoms with Crippen LogP contribution in [0.3, 0.4) is 0 Å². The van der Waals surface area contributed by atoms with E-state index in [2.05, 4.69) is 79.5 Å². The van der Waals surface area contributed by atoms with Crippen molar-refractivity contribution in [3.63, 3.8) is 0 Å². The van der Waals surface area contributed by atoms with Gasteiger partial charge in [-0.15, -0.1) is 0 Å². The van der Waals surface area contributed by atoms with Gasteiger partial charge in [-0.2, -0.15) is 0 Å². The molecule has 2 amide bonds. The number of hydrogen-bond acceptors (Lipinski definition) is 8. The molecule has 202 valence electrons. The third-order valence-electron chi connectivity index (χ3n) is 5.55. The van der Waals surface area contributed by atoms with Crippen molar-refractivity contribution in [3.05, 3.63) is 47.4 Å². The molecule has 10 nitrogen and oxygen atoms in total. The Kier molecular flexibility index (Phi) is 10.6. The number of amides is 2. The Morgan fingerprint density at radius 1 is 1.24 bits per heavy atom. The molecule has 37 heavy (non-hydrogen) atoms. The number of benzene rings is 1. The minimum absolute atomic E-state index is 0.0162. The summed E-state index contributed by atoms with van der Waals surface area (Å²) in [6, 6.07) is 3.40. The predicted molar refractivity (Wildman–Crippen MR) is 150 cm³/mol. The zero-order chi connectivity index (χ0) is 27.3. The Balaban J connectivity index is 1.56. The number of oxime groups is 1. The smallest absolute Gasteiger partial charge is 0.269 e. The molecule has 1 spiro atoms. The Hall–Kier alpha value is -1.45. The predicted octanol–water partition coefficient (Wildman–Crippen LogP) is 3.69. The first-order valence-corrected chi connectivity index (χ1v) is 14.2. The molecule has 3 rings (SSSR count). The number of carbonyl (C=O) groups excluding carboxylic acids is 2. The Bertz CT molecular complexity index is 1130. The molecule has 2 aliphatic rings. The summed E-state index contributed by atoms with van der Waals surface area (Å²) < 4.78 is 13.2. The fraction of sp³-hybridized carbons (Fsp3) is 0.435. The molecule has 14 heteroatoms. The van der Waals surface area contributed by atoms with Gasteiger partial charge in [0.2, 0.25) is 5.91 Å². The van der Waals surface area contributed by atoms with Crippen LogP contribution in [0.1, 0.15) is 31.4 Å². The highest BCUT2D eigenvalue weighted by atomic mass is 79.9. The maximum Gasteiger partial charge on any atom is 0.269 e. The second kappa shape index (κ2) is 13.1. The molecule has 1 aromatic rings. The van der Waals surface area contributed by atoms with Gasteiger partial charge < -0.3 is 35.2 Å². The normalized spacial score (nSPS) is 21.7. The summed E-state index contributed by atoms with van der Waals surface area (Å²) in [5.74, 6) is 0.360. The summed E-state index contributed by atoms with van der Waals surface area (Å²) in [5, 5.41) is 30.6. The van der Waals surface area contributed by atoms with Crippen molar-refractivity contribution in [1.29, 1.82) is 0 Å². The zero-order valence-corrected chi connectivity index (χ0v) is 26.2. The molecule has 0 radical (unpaired) electrons. The molecule has 0 bridgehead atoms. The number of nitrogens with zero attached hydrogens (tertiary/aromatic N) is 1. The highest BCUT2D eigenvalue weighted by Gasteiger charge is 2.50. The molecule has 0 unspecified atom stereocenters. The highest BCUT2D eigenvalue weighted by Crippen LogP contribution is 2.44. The van der Waals surface area contributed by atoms with Crippen molar-refractivity contribution in [2.45, 2.75) is 37.6 Å². The quantitative estimate of drug-likeness (QED) is 0.266. The van der Waals surface area contributed by atoms with Crippen LogP contribution in [0.25, 0.3) is 0 Å². The minimum Gasteiger partial charge on any atom is -0.495 e. The van der Waals surface area contributed by atoms with Gasteiger partial charge in [0.15, 0.2) is 5.60 Å². The first-order chi connectivity index (χ1) is 17.5. The summed E-state index contributed by atoms with van der Waals surface area (Å²) in [7, 11) is 1.47. The minimum atomic E-state index is -1.27. The molecule has 0 saturated heterocycles. The summed E-state index contributed by atoms with van der Waals surface area (Å²) in [6.45, 7) is 2.27. The number of methoxy groups -OCH3 is 1. The number of aliphatic hydroxyl groups is 2. The average Bonchev–Trinajstić information content (AvgIpc) is 3.27. The summed E-state index contributed by atoms with van der Waals surface area (Å²) in [5.41, 5.74) is -0.644. The van der Waals surface area contributed by atoms with E-state index >= 15 is 0 Å². The van der Waals surface area contributed by atoms with Crippen molar-refractivity contribution in [2.24, 2.45) is 5.16 Å². The molecule has 0 fully saturated rings. The first-order valence-electron chi connectivity index (χ1n) is 11.1. The first kappa shape index (κ1) is 30.1. The number of hydrogen-bond donors (Lipinski definition) is 4. The van der Waals surface area contributed by atoms with Gasteiger partial charge in [-0.1, -0.05) is 5.16 Å². The van der Waals surface area contributed by atoms with E-state index in [1.54, 1.807) is 18.2 Å². The van der Waals surface area contributed by atoms with Crippen molar-refractivity contribution in [1.82, 2.24) is 10.6 Å². The fourth-order valence-electron chi connectivity index (χ4n) is 3.65. The number of allylic oxidation sites excluding steroid dienone is 1. The second-order valence-electron chi connectivity index (χ2n) is 8.26. The van der Waals surface area contributed by atoms with Crippen LogP contribution >= 0.6 is 63.7 Å². The lowest BCUT2D eigenvalue weighted by Gasteiger charge is -2.33. The molecule has 4 N–H and O–H groups in total. The zero-order valence-electron chi connectivity index (χ0n) is 19.8. The number of halogens is 4. The number of nitrogens with one attached hydrogen (secondary N) is 2. The van der Waals surface area contributed by atoms with Crippen LogP contribution in [-0.2, 0) is 19.2 Å². The van der Waals surface area contributed by atoms with Gasteiger partial charge in [0.1, 0.15) is 23.3 Å². The van der Waals surface area contributed by atoms with Gasteiger partial charge in [-0.25, -0.2) is 0 Å². The van der Waals surface area contributed by atoms with E-state index in [1.807, 2.05) is 0 Å². The van der Waals surface area contributed by atoms with E-state index in [-0.39, 0.29) is 24.6 Å². The molecular weight excluding hydrogens is 750 g/mol. The van der Waals surface area contributed by atoms with Crippen molar-refractivity contribution in [2.75, 3.05) is 26.8 Å². The Labute approximate surface area is 247 Å². The molecule has 1 heterocycles. The Morgan fingerprint density at radius 2 is 1.92 bits per heavy atom. The van der Waals surface area contributed by atoms with E-state index in [0.29, 0.717) is 54.6 Å². The van der Waals surface area contributed by atoms with Crippen LogP contribution in [0.15, 0.2) is 47.0 Å². The van der Waals surface area contributed by atoms with Gasteiger partial charge in [0.25, 0.3) is 5.91 Å². The maximum atomic E-state index is 12.7. The molecule has 0 saturated carbocycles. The molecule has 3 atom stereocenters. The molecule has 1 aliphatic heterocycles. The van der Waals surface area contributed by atoms with E-state index in [0.717, 1.165) is 0 Å². The number of carbonyl (C=O) groups is 2. The lowest BCUT2D eigenvalue weighted by molar-refractivity contribution is -0.119. The molecule has 1 aromatic carbocycles. The third-order valence-corrected chi connectivity index (χ3v) is 8.11. The summed E-state index contributed by atoms with van der Waals surface area (Å²) >= 11 is 13.6. The van der Waals surface area contributed by atoms with E-state index in [1.165, 1.54) is 14.0 Å². The van der Waals surface area contributed by atoms with Crippen molar-refractivity contribution in [3.8, 4) is 5.75 Å². The lowest BCUT2D eigenvalue weighted by atomic mass is 9.87. The van der Waals surface area contributed by atoms with E-state index < -0.39 is 23.7 Å². The van der Waals surface area contributed by atoms with E-state index in [9.17, 15) is 19.8 Å². The van der Waals surface area contributed by atoms with Crippen molar-refractivity contribution < 1.29 is 34.1 Å². The number of aliphatic hydroxyl groups excluding tert-OH is 2. The Morgan fingerprint density at radius 3 is 2.54 bits per heavy atom. The largest absolute Gasteiger partial charge is 0.495 e. The summed E-state index contributed by atoms with van der Waals surface area (Å²) in [6.07, 6.45) is 0.108. The van der Waals surface area contributed by atoms with Gasteiger partial charge in [0.05, 0.1) is 37.7 Å². The standard InChI is InChI=1S/C23H25Br4N3O7/c1-11(31)28-4-3-5-36-19-13(24)6-12(7-14(19)25)17(32)10-29-22(34)16-9-23(37-30-16)8-15(26)20(35-2)18(27)21(23)33/h6-8,17,21,32-33H,3-5,9-10H2,1-2H3,(H,28,31)(H,29,34)/t17-,21+,23-/m1/s1. The van der Waals surface area contributed by atoms with Gasteiger partial charge in [0, 0.05) is 26.4 Å². The van der Waals surface area contributed by atoms with Crippen LogP contribution < -0.4 is 15.4 Å². The topological polar surface area (TPSA) is 139 Å². The van der Waals surface area contributed by atoms with Gasteiger partial charge >= 0.3 is 0 Å². The third kappa shape index (κ3) is 7.15. The number of rotatable bonds is 10. The molecule has 0 aromatic heterocycles. The van der Waals surface area contributed by atoms with Crippen molar-refractivity contribution >= 4 is 81.2 Å². The lowest BCUT2D eigenvalue weighted by Crippen LogP contribution is -2.45. The van der Waals surface area contributed by atoms with Gasteiger partial charge in [-0.3, -0.25) is 9.59 Å². The SMILES string of the molecule is COC1=C(Br)[C@H](O)[C@@]2(C=C1Br)CC(C(=O)NC[C@@H](O)c1cc(Br)c(OCCCNC(C)=O)c(Br)c1)=NO2. The fourth-order valence-corrected chi connectivity index (χ4v) is 6.89. The van der Waals surface area contributed by atoms with Crippen LogP contribution in [-0.4, -0.2) is 66.3 Å². The highest BCUT2D eigenvalue weighted by molar-refractivity contribution is 9.12. The van der Waals surface area contributed by atoms with Crippen LogP contribution in [0.4, 0.5) is 0 Å². The number of ether oxygens (including phenoxy) is 2. The monoisotopic (exact) mass is 771 g/mol. The van der Waals surface area contributed by atoms with Crippen LogP contribution in [0.2, 0.25) is 0 Å². The maximum absolute atomic E-state index is 12.7. The van der Waals surface area contributed by atoms with Crippen LogP contribution in [0, 0.1) is 0 Å². The average molecular weight is 775 g/mol. The second-order valence-corrected chi connectivity index (χ2v) is 11.7. The molecule has 1 aliphatic carbocycles. The molecular formula is C23H25Br4N3O7. The van der Waals surface area contributed by atoms with E-state index in [4.69, 9.17) is 14.3 Å². The van der Waals surface area contributed by atoms with Gasteiger partial charge in [-0.05, 0) is 93.9 Å². The summed E-state index contributed by atoms with van der Waals surface area (Å²) in [4.78, 5) is 29.2. The van der Waals surface area contributed by atoms with Crippen LogP contribution in [0.5, 0.6) is 5.75 Å².